The number of hydrogen-bond acceptors (Lipinski definition) is 4. The van der Waals surface area contributed by atoms with Crippen LogP contribution >= 0.6 is 11.3 Å². The van der Waals surface area contributed by atoms with Gasteiger partial charge in [-0.1, -0.05) is 78.9 Å². The van der Waals surface area contributed by atoms with Crippen LogP contribution in [0.3, 0.4) is 0 Å². The largest absolute Gasteiger partial charge is 0.456 e. The molecule has 0 saturated heterocycles. The molecule has 2 heterocycles. The predicted octanol–water partition coefficient (Wildman–Crippen LogP) is 10.5. The highest BCUT2D eigenvalue weighted by atomic mass is 32.1. The van der Waals surface area contributed by atoms with Gasteiger partial charge in [0.25, 0.3) is 0 Å². The van der Waals surface area contributed by atoms with E-state index >= 15 is 0 Å². The lowest BCUT2D eigenvalue weighted by atomic mass is 10.0. The second-order valence-corrected chi connectivity index (χ2v) is 11.2. The van der Waals surface area contributed by atoms with E-state index in [1.54, 1.807) is 11.3 Å². The molecule has 0 aliphatic heterocycles. The number of benzene rings is 6. The summed E-state index contributed by atoms with van der Waals surface area (Å²) < 4.78 is 8.43. The Morgan fingerprint density at radius 2 is 1.22 bits per heavy atom. The van der Waals surface area contributed by atoms with E-state index in [0.29, 0.717) is 21.9 Å². The van der Waals surface area contributed by atoms with Crippen LogP contribution in [0, 0.1) is 0 Å². The van der Waals surface area contributed by atoms with E-state index in [9.17, 15) is 4.79 Å². The number of nitrogens with zero attached hydrogens (tertiary/aromatic N) is 1. The first-order valence-electron chi connectivity index (χ1n) is 13.6. The molecule has 0 aliphatic carbocycles. The lowest BCUT2D eigenvalue weighted by Gasteiger charge is -2.28. The van der Waals surface area contributed by atoms with Crippen molar-refractivity contribution in [1.29, 1.82) is 0 Å². The van der Waals surface area contributed by atoms with Gasteiger partial charge in [0.2, 0.25) is 5.43 Å². The standard InChI is InChI=1S/C37H23NO2S/c39-37-28-16-8-10-18-33(28)40-34-23-36-30(22-31(34)37)29-21-26(19-20-35(29)41-36)38(25-13-5-2-6-14-25)32-17-9-7-15-27(32)24-11-3-1-4-12-24/h1-23H. The van der Waals surface area contributed by atoms with Crippen molar-refractivity contribution in [3.05, 3.63) is 150 Å². The summed E-state index contributed by atoms with van der Waals surface area (Å²) in [6.45, 7) is 0. The van der Waals surface area contributed by atoms with Gasteiger partial charge in [-0.15, -0.1) is 11.3 Å². The maximum Gasteiger partial charge on any atom is 0.200 e. The summed E-state index contributed by atoms with van der Waals surface area (Å²) >= 11 is 1.72. The van der Waals surface area contributed by atoms with Crippen LogP contribution in [0.2, 0.25) is 0 Å². The summed E-state index contributed by atoms with van der Waals surface area (Å²) in [7, 11) is 0. The van der Waals surface area contributed by atoms with Crippen LogP contribution in [0.25, 0.3) is 53.2 Å². The van der Waals surface area contributed by atoms with Crippen molar-refractivity contribution in [2.24, 2.45) is 0 Å². The van der Waals surface area contributed by atoms with E-state index in [0.717, 1.165) is 43.7 Å². The van der Waals surface area contributed by atoms with Crippen molar-refractivity contribution >= 4 is 70.5 Å². The van der Waals surface area contributed by atoms with Crippen molar-refractivity contribution in [3.63, 3.8) is 0 Å². The van der Waals surface area contributed by atoms with E-state index in [1.807, 2.05) is 48.5 Å². The predicted molar refractivity (Wildman–Crippen MR) is 173 cm³/mol. The smallest absolute Gasteiger partial charge is 0.200 e. The lowest BCUT2D eigenvalue weighted by Crippen LogP contribution is -2.11. The molecule has 0 atom stereocenters. The Bertz CT molecular complexity index is 2280. The van der Waals surface area contributed by atoms with Crippen LogP contribution in [0.4, 0.5) is 17.1 Å². The summed E-state index contributed by atoms with van der Waals surface area (Å²) in [4.78, 5) is 15.8. The Hall–Kier alpha value is -5.19. The molecule has 3 nitrogen and oxygen atoms in total. The molecule has 194 valence electrons. The number of fused-ring (bicyclic) bond motifs is 5. The van der Waals surface area contributed by atoms with Gasteiger partial charge < -0.3 is 9.32 Å². The minimum Gasteiger partial charge on any atom is -0.456 e. The molecule has 0 saturated carbocycles. The van der Waals surface area contributed by atoms with Gasteiger partial charge in [-0.05, 0) is 66.2 Å². The monoisotopic (exact) mass is 545 g/mol. The van der Waals surface area contributed by atoms with Gasteiger partial charge in [-0.25, -0.2) is 0 Å². The molecular formula is C37H23NO2S. The zero-order chi connectivity index (χ0) is 27.3. The third-order valence-electron chi connectivity index (χ3n) is 7.65. The molecule has 0 unspecified atom stereocenters. The van der Waals surface area contributed by atoms with E-state index in [1.165, 1.54) is 4.70 Å². The second kappa shape index (κ2) is 9.47. The molecule has 41 heavy (non-hydrogen) atoms. The summed E-state index contributed by atoms with van der Waals surface area (Å²) in [5.41, 5.74) is 6.78. The Balaban J connectivity index is 1.38. The molecule has 8 rings (SSSR count). The van der Waals surface area contributed by atoms with E-state index in [4.69, 9.17) is 4.42 Å². The number of hydrogen-bond donors (Lipinski definition) is 0. The minimum atomic E-state index is 0.00181. The van der Waals surface area contributed by atoms with Gasteiger partial charge in [0.15, 0.2) is 0 Å². The highest BCUT2D eigenvalue weighted by Crippen LogP contribution is 2.44. The van der Waals surface area contributed by atoms with E-state index in [-0.39, 0.29) is 5.43 Å². The molecule has 4 heteroatoms. The average molecular weight is 546 g/mol. The van der Waals surface area contributed by atoms with Crippen LogP contribution < -0.4 is 10.3 Å². The zero-order valence-electron chi connectivity index (χ0n) is 22.0. The Labute approximate surface area is 240 Å². The van der Waals surface area contributed by atoms with Gasteiger partial charge in [0.05, 0.1) is 16.5 Å². The van der Waals surface area contributed by atoms with Gasteiger partial charge in [0.1, 0.15) is 11.2 Å². The van der Waals surface area contributed by atoms with Crippen molar-refractivity contribution in [2.45, 2.75) is 0 Å². The van der Waals surface area contributed by atoms with Gasteiger partial charge >= 0.3 is 0 Å². The first-order valence-corrected chi connectivity index (χ1v) is 14.4. The molecular weight excluding hydrogens is 522 g/mol. The van der Waals surface area contributed by atoms with Crippen LogP contribution in [0.15, 0.2) is 149 Å². The minimum absolute atomic E-state index is 0.00181. The lowest BCUT2D eigenvalue weighted by molar-refractivity contribution is 0.660. The first kappa shape index (κ1) is 23.7. The fourth-order valence-electron chi connectivity index (χ4n) is 5.73. The normalized spacial score (nSPS) is 11.5. The fraction of sp³-hybridized carbons (Fsp3) is 0. The third kappa shape index (κ3) is 3.92. The number of anilines is 3. The van der Waals surface area contributed by atoms with Crippen molar-refractivity contribution in [2.75, 3.05) is 4.90 Å². The second-order valence-electron chi connectivity index (χ2n) is 10.1. The van der Waals surface area contributed by atoms with Gasteiger partial charge in [0, 0.05) is 37.1 Å². The number of thiophene rings is 1. The Kier molecular flexibility index (Phi) is 5.47. The molecule has 2 aromatic heterocycles. The first-order chi connectivity index (χ1) is 20.2. The van der Waals surface area contributed by atoms with Crippen molar-refractivity contribution in [1.82, 2.24) is 0 Å². The van der Waals surface area contributed by atoms with Crippen molar-refractivity contribution < 1.29 is 4.42 Å². The van der Waals surface area contributed by atoms with Gasteiger partial charge in [-0.2, -0.15) is 0 Å². The third-order valence-corrected chi connectivity index (χ3v) is 8.79. The van der Waals surface area contributed by atoms with Crippen LogP contribution in [-0.4, -0.2) is 0 Å². The summed E-state index contributed by atoms with van der Waals surface area (Å²) in [6.07, 6.45) is 0. The average Bonchev–Trinajstić information content (AvgIpc) is 3.38. The molecule has 0 spiro atoms. The SMILES string of the molecule is O=c1c2ccccc2oc2cc3sc4ccc(N(c5ccccc5)c5ccccc5-c5ccccc5)cc4c3cc12. The molecule has 0 radical (unpaired) electrons. The molecule has 0 amide bonds. The highest BCUT2D eigenvalue weighted by Gasteiger charge is 2.19. The molecule has 6 aromatic carbocycles. The summed E-state index contributed by atoms with van der Waals surface area (Å²) in [6, 6.07) is 47.6. The summed E-state index contributed by atoms with van der Waals surface area (Å²) in [5.74, 6) is 0. The topological polar surface area (TPSA) is 33.5 Å². The Morgan fingerprint density at radius 3 is 2.07 bits per heavy atom. The van der Waals surface area contributed by atoms with Crippen LogP contribution in [-0.2, 0) is 0 Å². The zero-order valence-corrected chi connectivity index (χ0v) is 22.8. The van der Waals surface area contributed by atoms with E-state index < -0.39 is 0 Å². The van der Waals surface area contributed by atoms with Crippen LogP contribution in [0.5, 0.6) is 0 Å². The molecule has 8 aromatic rings. The molecule has 0 fully saturated rings. The Morgan fingerprint density at radius 1 is 0.512 bits per heavy atom. The number of para-hydroxylation sites is 3. The molecule has 0 bridgehead atoms. The quantitative estimate of drug-likeness (QED) is 0.206. The van der Waals surface area contributed by atoms with Crippen molar-refractivity contribution in [3.8, 4) is 11.1 Å². The maximum absolute atomic E-state index is 13.4. The van der Waals surface area contributed by atoms with Crippen LogP contribution in [0.1, 0.15) is 0 Å². The number of rotatable bonds is 4. The fourth-order valence-corrected chi connectivity index (χ4v) is 6.83. The highest BCUT2D eigenvalue weighted by molar-refractivity contribution is 7.25. The molecule has 0 N–H and O–H groups in total. The van der Waals surface area contributed by atoms with Gasteiger partial charge in [-0.3, -0.25) is 4.79 Å². The maximum atomic E-state index is 13.4. The van der Waals surface area contributed by atoms with E-state index in [2.05, 4.69) is 95.9 Å². The molecule has 0 aliphatic rings. The summed E-state index contributed by atoms with van der Waals surface area (Å²) in [5, 5.41) is 3.39.